The first-order chi connectivity index (χ1) is 8.00. The number of nitrogens with two attached hydrogens (primary N) is 1. The summed E-state index contributed by atoms with van der Waals surface area (Å²) in [5, 5.41) is 3.35. The molecule has 0 saturated heterocycles. The van der Waals surface area contributed by atoms with Gasteiger partial charge < -0.3 is 5.43 Å². The van der Waals surface area contributed by atoms with E-state index in [9.17, 15) is 13.2 Å². The van der Waals surface area contributed by atoms with Gasteiger partial charge in [0.05, 0.1) is 12.4 Å². The zero-order valence-electron chi connectivity index (χ0n) is 8.31. The Kier molecular flexibility index (Phi) is 2.68. The van der Waals surface area contributed by atoms with Crippen molar-refractivity contribution in [3.63, 3.8) is 0 Å². The summed E-state index contributed by atoms with van der Waals surface area (Å²) < 4.78 is 37.9. The van der Waals surface area contributed by atoms with Gasteiger partial charge in [0.2, 0.25) is 0 Å². The molecule has 0 radical (unpaired) electrons. The van der Waals surface area contributed by atoms with Gasteiger partial charge in [-0.2, -0.15) is 18.3 Å². The van der Waals surface area contributed by atoms with Gasteiger partial charge in [0.25, 0.3) is 0 Å². The smallest absolute Gasteiger partial charge is 0.307 e. The van der Waals surface area contributed by atoms with Crippen molar-refractivity contribution in [2.24, 2.45) is 5.84 Å². The first kappa shape index (κ1) is 11.3. The van der Waals surface area contributed by atoms with Crippen LogP contribution in [0.2, 0.25) is 0 Å². The van der Waals surface area contributed by atoms with E-state index in [1.54, 1.807) is 0 Å². The SMILES string of the molecule is NNc1cncc(-n2ccc(C(F)(F)F)n2)n1. The Morgan fingerprint density at radius 3 is 2.65 bits per heavy atom. The van der Waals surface area contributed by atoms with Crippen molar-refractivity contribution in [1.29, 1.82) is 0 Å². The number of nitrogens with zero attached hydrogens (tertiary/aromatic N) is 4. The van der Waals surface area contributed by atoms with E-state index in [0.717, 1.165) is 16.9 Å². The molecule has 9 heteroatoms. The van der Waals surface area contributed by atoms with Crippen LogP contribution in [-0.2, 0) is 6.18 Å². The lowest BCUT2D eigenvalue weighted by Crippen LogP contribution is -2.11. The van der Waals surface area contributed by atoms with Crippen molar-refractivity contribution in [2.45, 2.75) is 6.18 Å². The number of aromatic nitrogens is 4. The molecule has 0 aliphatic rings. The highest BCUT2D eigenvalue weighted by atomic mass is 19.4. The van der Waals surface area contributed by atoms with Crippen LogP contribution in [0.25, 0.3) is 5.82 Å². The van der Waals surface area contributed by atoms with Gasteiger partial charge in [0.1, 0.15) is 0 Å². The Hall–Kier alpha value is -2.16. The molecule has 2 heterocycles. The second-order valence-electron chi connectivity index (χ2n) is 3.05. The van der Waals surface area contributed by atoms with Crippen LogP contribution >= 0.6 is 0 Å². The topological polar surface area (TPSA) is 81.6 Å². The summed E-state index contributed by atoms with van der Waals surface area (Å²) in [5.74, 6) is 5.47. The summed E-state index contributed by atoms with van der Waals surface area (Å²) in [7, 11) is 0. The fourth-order valence-corrected chi connectivity index (χ4v) is 1.14. The van der Waals surface area contributed by atoms with Crippen molar-refractivity contribution in [3.8, 4) is 5.82 Å². The Labute approximate surface area is 93.3 Å². The molecule has 0 atom stereocenters. The Balaban J connectivity index is 2.37. The number of hydrazine groups is 1. The van der Waals surface area contributed by atoms with Gasteiger partial charge in [-0.15, -0.1) is 0 Å². The monoisotopic (exact) mass is 244 g/mol. The fourth-order valence-electron chi connectivity index (χ4n) is 1.14. The Morgan fingerprint density at radius 2 is 2.06 bits per heavy atom. The maximum atomic E-state index is 12.3. The van der Waals surface area contributed by atoms with Gasteiger partial charge in [-0.3, -0.25) is 4.98 Å². The van der Waals surface area contributed by atoms with Crippen LogP contribution < -0.4 is 11.3 Å². The summed E-state index contributed by atoms with van der Waals surface area (Å²) in [6, 6.07) is 0.851. The first-order valence-corrected chi connectivity index (χ1v) is 4.42. The molecule has 0 amide bonds. The molecule has 3 N–H and O–H groups in total. The largest absolute Gasteiger partial charge is 0.435 e. The number of hydrogen-bond acceptors (Lipinski definition) is 5. The minimum Gasteiger partial charge on any atom is -0.307 e. The summed E-state index contributed by atoms with van der Waals surface area (Å²) in [6.45, 7) is 0. The predicted molar refractivity (Wildman–Crippen MR) is 52.0 cm³/mol. The first-order valence-electron chi connectivity index (χ1n) is 4.42. The van der Waals surface area contributed by atoms with Crippen molar-refractivity contribution >= 4 is 5.82 Å². The molecule has 90 valence electrons. The van der Waals surface area contributed by atoms with E-state index >= 15 is 0 Å². The second kappa shape index (κ2) is 4.01. The lowest BCUT2D eigenvalue weighted by molar-refractivity contribution is -0.141. The average molecular weight is 244 g/mol. The summed E-state index contributed by atoms with van der Waals surface area (Å²) in [4.78, 5) is 7.65. The third-order valence-electron chi connectivity index (χ3n) is 1.88. The molecule has 6 nitrogen and oxygen atoms in total. The van der Waals surface area contributed by atoms with Crippen LogP contribution in [0.5, 0.6) is 0 Å². The number of alkyl halides is 3. The van der Waals surface area contributed by atoms with Crippen molar-refractivity contribution in [2.75, 3.05) is 5.43 Å². The minimum atomic E-state index is -4.48. The van der Waals surface area contributed by atoms with Gasteiger partial charge >= 0.3 is 6.18 Å². The normalized spacial score (nSPS) is 11.5. The molecule has 0 spiro atoms. The molecule has 0 fully saturated rings. The van der Waals surface area contributed by atoms with E-state index < -0.39 is 11.9 Å². The lowest BCUT2D eigenvalue weighted by atomic mass is 10.4. The molecule has 0 aliphatic carbocycles. The molecule has 2 aromatic heterocycles. The van der Waals surface area contributed by atoms with Crippen LogP contribution in [-0.4, -0.2) is 19.7 Å². The van der Waals surface area contributed by atoms with E-state index in [1.165, 1.54) is 12.4 Å². The Morgan fingerprint density at radius 1 is 1.29 bits per heavy atom. The van der Waals surface area contributed by atoms with Crippen LogP contribution in [0, 0.1) is 0 Å². The van der Waals surface area contributed by atoms with Crippen LogP contribution in [0.4, 0.5) is 19.0 Å². The van der Waals surface area contributed by atoms with Crippen LogP contribution in [0.1, 0.15) is 5.69 Å². The van der Waals surface area contributed by atoms with Crippen molar-refractivity contribution in [1.82, 2.24) is 19.7 Å². The van der Waals surface area contributed by atoms with Gasteiger partial charge in [0, 0.05) is 6.20 Å². The van der Waals surface area contributed by atoms with E-state index in [-0.39, 0.29) is 11.6 Å². The van der Waals surface area contributed by atoms with Crippen LogP contribution in [0.3, 0.4) is 0 Å². The number of halogens is 3. The Bertz CT molecular complexity index is 520. The minimum absolute atomic E-state index is 0.135. The molecular weight excluding hydrogens is 237 g/mol. The number of anilines is 1. The van der Waals surface area contributed by atoms with Gasteiger partial charge in [-0.05, 0) is 6.07 Å². The maximum Gasteiger partial charge on any atom is 0.435 e. The second-order valence-corrected chi connectivity index (χ2v) is 3.05. The quantitative estimate of drug-likeness (QED) is 0.607. The van der Waals surface area contributed by atoms with Gasteiger partial charge in [-0.1, -0.05) is 0 Å². The van der Waals surface area contributed by atoms with E-state index in [1.807, 2.05) is 0 Å². The fraction of sp³-hybridized carbons (Fsp3) is 0.125. The van der Waals surface area contributed by atoms with E-state index in [2.05, 4.69) is 20.5 Å². The number of nitrogen functional groups attached to an aromatic ring is 1. The molecular formula is C8H7F3N6. The standard InChI is InChI=1S/C8H7F3N6/c9-8(10,11)5-1-2-17(16-5)7-4-13-3-6(14-7)15-12/h1-4H,12H2,(H,14,15). The number of hydrogen-bond donors (Lipinski definition) is 2. The number of rotatable bonds is 2. The summed E-state index contributed by atoms with van der Waals surface area (Å²) >= 11 is 0. The highest BCUT2D eigenvalue weighted by Crippen LogP contribution is 2.27. The molecule has 0 aliphatic heterocycles. The molecule has 0 unspecified atom stereocenters. The van der Waals surface area contributed by atoms with Gasteiger partial charge in [-0.25, -0.2) is 15.5 Å². The zero-order valence-corrected chi connectivity index (χ0v) is 8.31. The third-order valence-corrected chi connectivity index (χ3v) is 1.88. The molecule has 2 rings (SSSR count). The molecule has 2 aromatic rings. The molecule has 17 heavy (non-hydrogen) atoms. The highest BCUT2D eigenvalue weighted by Gasteiger charge is 2.33. The van der Waals surface area contributed by atoms with Crippen molar-refractivity contribution in [3.05, 3.63) is 30.4 Å². The highest BCUT2D eigenvalue weighted by molar-refractivity contribution is 5.34. The van der Waals surface area contributed by atoms with Gasteiger partial charge in [0.15, 0.2) is 17.3 Å². The summed E-state index contributed by atoms with van der Waals surface area (Å²) in [6.07, 6.45) is -0.735. The summed E-state index contributed by atoms with van der Waals surface area (Å²) in [5.41, 5.74) is 1.24. The zero-order chi connectivity index (χ0) is 12.5. The molecule has 0 saturated carbocycles. The average Bonchev–Trinajstić information content (AvgIpc) is 2.78. The predicted octanol–water partition coefficient (Wildman–Crippen LogP) is 0.967. The van der Waals surface area contributed by atoms with E-state index in [4.69, 9.17) is 5.84 Å². The lowest BCUT2D eigenvalue weighted by Gasteiger charge is -2.03. The maximum absolute atomic E-state index is 12.3. The molecule has 0 bridgehead atoms. The van der Waals surface area contributed by atoms with Crippen LogP contribution in [0.15, 0.2) is 24.7 Å². The molecule has 0 aromatic carbocycles. The van der Waals surface area contributed by atoms with E-state index in [0.29, 0.717) is 0 Å². The number of nitrogens with one attached hydrogen (secondary N) is 1. The third kappa shape index (κ3) is 2.33. The van der Waals surface area contributed by atoms with Crippen molar-refractivity contribution < 1.29 is 13.2 Å².